The molecule has 2 aromatic rings. The second-order valence-corrected chi connectivity index (χ2v) is 5.40. The molecule has 1 aliphatic heterocycles. The molecule has 4 heteroatoms. The number of aromatic nitrogens is 2. The van der Waals surface area contributed by atoms with E-state index in [1.807, 2.05) is 18.2 Å². The Labute approximate surface area is 101 Å². The minimum Gasteiger partial charge on any atom is -0.399 e. The molecule has 0 amide bonds. The summed E-state index contributed by atoms with van der Waals surface area (Å²) in [6.45, 7) is 5.60. The number of nitrogens with two attached hydrogens (primary N) is 1. The van der Waals surface area contributed by atoms with Crippen LogP contribution in [0.15, 0.2) is 18.2 Å². The first-order valence-corrected chi connectivity index (χ1v) is 6.09. The van der Waals surface area contributed by atoms with Crippen molar-refractivity contribution >= 4 is 22.7 Å². The van der Waals surface area contributed by atoms with Crippen LogP contribution in [0.25, 0.3) is 11.0 Å². The van der Waals surface area contributed by atoms with Crippen LogP contribution < -0.4 is 10.6 Å². The van der Waals surface area contributed by atoms with Crippen LogP contribution in [0.2, 0.25) is 0 Å². The van der Waals surface area contributed by atoms with Crippen molar-refractivity contribution in [3.8, 4) is 0 Å². The number of aromatic amines is 1. The molecule has 0 spiro atoms. The molecular formula is C13H18N4. The zero-order valence-corrected chi connectivity index (χ0v) is 10.3. The standard InChI is InChI=1S/C13H18N4/c1-13(2)6-3-7-17(13)12-15-10-5-4-9(14)8-11(10)16-12/h4-5,8H,3,6-7,14H2,1-2H3,(H,15,16). The van der Waals surface area contributed by atoms with Crippen LogP contribution in [0.1, 0.15) is 26.7 Å². The number of nitrogens with one attached hydrogen (secondary N) is 1. The first-order chi connectivity index (χ1) is 8.06. The van der Waals surface area contributed by atoms with Gasteiger partial charge in [-0.15, -0.1) is 0 Å². The summed E-state index contributed by atoms with van der Waals surface area (Å²) >= 11 is 0. The lowest BCUT2D eigenvalue weighted by Crippen LogP contribution is -2.38. The van der Waals surface area contributed by atoms with E-state index in [1.54, 1.807) is 0 Å². The van der Waals surface area contributed by atoms with Gasteiger partial charge in [-0.2, -0.15) is 0 Å². The minimum absolute atomic E-state index is 0.194. The molecule has 0 bridgehead atoms. The summed E-state index contributed by atoms with van der Waals surface area (Å²) in [6.07, 6.45) is 2.44. The van der Waals surface area contributed by atoms with Gasteiger partial charge < -0.3 is 15.6 Å². The number of rotatable bonds is 1. The van der Waals surface area contributed by atoms with Crippen LogP contribution in [0.5, 0.6) is 0 Å². The summed E-state index contributed by atoms with van der Waals surface area (Å²) in [5.41, 5.74) is 8.74. The highest BCUT2D eigenvalue weighted by Crippen LogP contribution is 2.32. The third-order valence-electron chi connectivity index (χ3n) is 3.65. The fourth-order valence-corrected chi connectivity index (χ4v) is 2.64. The Morgan fingerprint density at radius 2 is 2.24 bits per heavy atom. The summed E-state index contributed by atoms with van der Waals surface area (Å²) in [4.78, 5) is 10.4. The van der Waals surface area contributed by atoms with Gasteiger partial charge in [0.25, 0.3) is 0 Å². The molecule has 3 rings (SSSR count). The maximum atomic E-state index is 5.78. The quantitative estimate of drug-likeness (QED) is 0.740. The summed E-state index contributed by atoms with van der Waals surface area (Å²) in [7, 11) is 0. The van der Waals surface area contributed by atoms with Gasteiger partial charge in [0, 0.05) is 17.8 Å². The molecule has 0 radical (unpaired) electrons. The lowest BCUT2D eigenvalue weighted by molar-refractivity contribution is 0.512. The predicted octanol–water partition coefficient (Wildman–Crippen LogP) is 2.52. The van der Waals surface area contributed by atoms with Crippen molar-refractivity contribution in [1.82, 2.24) is 9.97 Å². The van der Waals surface area contributed by atoms with Crippen molar-refractivity contribution in [1.29, 1.82) is 0 Å². The Bertz CT molecular complexity index is 556. The molecule has 4 nitrogen and oxygen atoms in total. The van der Waals surface area contributed by atoms with Crippen molar-refractivity contribution in [2.45, 2.75) is 32.2 Å². The number of benzene rings is 1. The van der Waals surface area contributed by atoms with Crippen molar-refractivity contribution in [2.24, 2.45) is 0 Å². The molecule has 1 aromatic carbocycles. The molecule has 0 atom stereocenters. The zero-order valence-electron chi connectivity index (χ0n) is 10.3. The minimum atomic E-state index is 0.194. The van der Waals surface area contributed by atoms with Crippen LogP contribution in [-0.4, -0.2) is 22.1 Å². The van der Waals surface area contributed by atoms with E-state index >= 15 is 0 Å². The highest BCUT2D eigenvalue weighted by molar-refractivity contribution is 5.81. The van der Waals surface area contributed by atoms with Crippen LogP contribution in [0.3, 0.4) is 0 Å². The normalized spacial score (nSPS) is 19.1. The molecule has 1 saturated heterocycles. The first kappa shape index (κ1) is 10.4. The van der Waals surface area contributed by atoms with E-state index in [2.05, 4.69) is 28.7 Å². The largest absolute Gasteiger partial charge is 0.399 e. The predicted molar refractivity (Wildman–Crippen MR) is 71.2 cm³/mol. The molecule has 3 N–H and O–H groups in total. The Balaban J connectivity index is 2.06. The average Bonchev–Trinajstić information content (AvgIpc) is 2.79. The second kappa shape index (κ2) is 3.39. The molecule has 0 unspecified atom stereocenters. The molecule has 2 heterocycles. The van der Waals surface area contributed by atoms with Gasteiger partial charge in [-0.05, 0) is 44.9 Å². The molecule has 0 aliphatic carbocycles. The van der Waals surface area contributed by atoms with E-state index in [4.69, 9.17) is 5.73 Å². The lowest BCUT2D eigenvalue weighted by Gasteiger charge is -2.31. The van der Waals surface area contributed by atoms with Gasteiger partial charge in [0.1, 0.15) is 0 Å². The highest BCUT2D eigenvalue weighted by atomic mass is 15.3. The van der Waals surface area contributed by atoms with Crippen molar-refractivity contribution in [3.63, 3.8) is 0 Å². The zero-order chi connectivity index (χ0) is 12.0. The van der Waals surface area contributed by atoms with Gasteiger partial charge in [0.05, 0.1) is 11.0 Å². The van der Waals surface area contributed by atoms with E-state index in [9.17, 15) is 0 Å². The summed E-state index contributed by atoms with van der Waals surface area (Å²) in [5.74, 6) is 0.966. The van der Waals surface area contributed by atoms with Gasteiger partial charge in [-0.1, -0.05) is 0 Å². The van der Waals surface area contributed by atoms with Crippen LogP contribution in [-0.2, 0) is 0 Å². The fourth-order valence-electron chi connectivity index (χ4n) is 2.64. The molecule has 1 aromatic heterocycles. The Kier molecular flexibility index (Phi) is 2.08. The molecular weight excluding hydrogens is 212 g/mol. The van der Waals surface area contributed by atoms with E-state index in [0.29, 0.717) is 0 Å². The molecule has 1 fully saturated rings. The van der Waals surface area contributed by atoms with Crippen molar-refractivity contribution in [3.05, 3.63) is 18.2 Å². The number of hydrogen-bond donors (Lipinski definition) is 2. The fraction of sp³-hybridized carbons (Fsp3) is 0.462. The van der Waals surface area contributed by atoms with Crippen LogP contribution >= 0.6 is 0 Å². The Hall–Kier alpha value is -1.71. The van der Waals surface area contributed by atoms with E-state index < -0.39 is 0 Å². The monoisotopic (exact) mass is 230 g/mol. The number of nitrogens with zero attached hydrogens (tertiary/aromatic N) is 2. The molecule has 17 heavy (non-hydrogen) atoms. The number of H-pyrrole nitrogens is 1. The molecule has 0 saturated carbocycles. The first-order valence-electron chi connectivity index (χ1n) is 6.09. The smallest absolute Gasteiger partial charge is 0.204 e. The number of hydrogen-bond acceptors (Lipinski definition) is 3. The number of anilines is 2. The summed E-state index contributed by atoms with van der Waals surface area (Å²) < 4.78 is 0. The van der Waals surface area contributed by atoms with Gasteiger partial charge in [-0.25, -0.2) is 4.98 Å². The summed E-state index contributed by atoms with van der Waals surface area (Å²) in [5, 5.41) is 0. The Morgan fingerprint density at radius 3 is 2.94 bits per heavy atom. The van der Waals surface area contributed by atoms with Gasteiger partial charge in [-0.3, -0.25) is 0 Å². The number of fused-ring (bicyclic) bond motifs is 1. The highest BCUT2D eigenvalue weighted by Gasteiger charge is 2.33. The van der Waals surface area contributed by atoms with Crippen LogP contribution in [0, 0.1) is 0 Å². The third-order valence-corrected chi connectivity index (χ3v) is 3.65. The van der Waals surface area contributed by atoms with Gasteiger partial charge in [0.15, 0.2) is 0 Å². The van der Waals surface area contributed by atoms with Crippen LogP contribution in [0.4, 0.5) is 11.6 Å². The maximum Gasteiger partial charge on any atom is 0.204 e. The van der Waals surface area contributed by atoms with Gasteiger partial charge >= 0.3 is 0 Å². The molecule has 1 aliphatic rings. The van der Waals surface area contributed by atoms with E-state index in [1.165, 1.54) is 12.8 Å². The number of nitrogen functional groups attached to an aromatic ring is 1. The number of imidazole rings is 1. The molecule has 90 valence electrons. The van der Waals surface area contributed by atoms with E-state index in [-0.39, 0.29) is 5.54 Å². The third kappa shape index (κ3) is 1.64. The van der Waals surface area contributed by atoms with E-state index in [0.717, 1.165) is 29.2 Å². The lowest BCUT2D eigenvalue weighted by atomic mass is 10.0. The average molecular weight is 230 g/mol. The summed E-state index contributed by atoms with van der Waals surface area (Å²) in [6, 6.07) is 5.80. The second-order valence-electron chi connectivity index (χ2n) is 5.40. The van der Waals surface area contributed by atoms with Gasteiger partial charge in [0.2, 0.25) is 5.95 Å². The maximum absolute atomic E-state index is 5.78. The SMILES string of the molecule is CC1(C)CCCN1c1nc2ccc(N)cc2[nH]1. The Morgan fingerprint density at radius 1 is 1.41 bits per heavy atom. The topological polar surface area (TPSA) is 57.9 Å². The van der Waals surface area contributed by atoms with Crippen molar-refractivity contribution < 1.29 is 0 Å². The van der Waals surface area contributed by atoms with Crippen molar-refractivity contribution in [2.75, 3.05) is 17.2 Å².